The molecule has 2 rings (SSSR count). The normalized spacial score (nSPS) is 10.3. The molecule has 0 heterocycles. The maximum absolute atomic E-state index is 12.2. The molecule has 2 aromatic rings. The molecule has 0 aliphatic heterocycles. The van der Waals surface area contributed by atoms with Gasteiger partial charge in [-0.3, -0.25) is 9.59 Å². The fourth-order valence-corrected chi connectivity index (χ4v) is 2.70. The summed E-state index contributed by atoms with van der Waals surface area (Å²) in [6.07, 6.45) is 0.815. The van der Waals surface area contributed by atoms with E-state index in [1.165, 1.54) is 0 Å². The molecule has 2 amide bonds. The third-order valence-electron chi connectivity index (χ3n) is 3.70. The molecule has 0 aliphatic rings. The highest BCUT2D eigenvalue weighted by Gasteiger charge is 2.11. The topological polar surface area (TPSA) is 67.4 Å². The van der Waals surface area contributed by atoms with Crippen LogP contribution in [0.15, 0.2) is 42.5 Å². The second-order valence-corrected chi connectivity index (χ2v) is 6.23. The number of anilines is 1. The second kappa shape index (κ2) is 9.82. The molecule has 0 saturated heterocycles. The van der Waals surface area contributed by atoms with Gasteiger partial charge in [0.1, 0.15) is 5.75 Å². The molecule has 0 bridgehead atoms. The zero-order chi connectivity index (χ0) is 18.9. The number of ether oxygens (including phenoxy) is 1. The zero-order valence-corrected chi connectivity index (χ0v) is 15.7. The lowest BCUT2D eigenvalue weighted by molar-refractivity contribution is -0.116. The Bertz CT molecular complexity index is 777. The van der Waals surface area contributed by atoms with Crippen molar-refractivity contribution in [1.29, 1.82) is 0 Å². The number of para-hydroxylation sites is 1. The van der Waals surface area contributed by atoms with E-state index in [2.05, 4.69) is 10.6 Å². The first-order valence-corrected chi connectivity index (χ1v) is 8.95. The van der Waals surface area contributed by atoms with Crippen LogP contribution in [0.2, 0.25) is 5.02 Å². The highest BCUT2D eigenvalue weighted by Crippen LogP contribution is 2.23. The smallest absolute Gasteiger partial charge is 0.255 e. The number of nitrogens with one attached hydrogen (secondary N) is 2. The first kappa shape index (κ1) is 19.8. The molecule has 138 valence electrons. The molecule has 26 heavy (non-hydrogen) atoms. The lowest BCUT2D eigenvalue weighted by Gasteiger charge is -2.11. The number of hydrogen-bond acceptors (Lipinski definition) is 3. The van der Waals surface area contributed by atoms with Gasteiger partial charge < -0.3 is 15.4 Å². The fraction of sp³-hybridized carbons (Fsp3) is 0.300. The minimum Gasteiger partial charge on any atom is -0.493 e. The van der Waals surface area contributed by atoms with Crippen LogP contribution in [0.3, 0.4) is 0 Å². The summed E-state index contributed by atoms with van der Waals surface area (Å²) in [5, 5.41) is 6.10. The standard InChI is InChI=1S/C20H23ClN2O3/c1-3-26-18-8-5-4-7-15(18)20(25)22-12-6-9-19(24)23-17-11-10-14(2)13-16(17)21/h4-5,7-8,10-11,13H,3,6,9,12H2,1-2H3,(H,22,25)(H,23,24). The highest BCUT2D eigenvalue weighted by molar-refractivity contribution is 6.33. The molecule has 5 nitrogen and oxygen atoms in total. The van der Waals surface area contributed by atoms with Crippen LogP contribution in [0.5, 0.6) is 5.75 Å². The van der Waals surface area contributed by atoms with Gasteiger partial charge in [0.2, 0.25) is 5.91 Å². The van der Waals surface area contributed by atoms with Crippen LogP contribution in [0.25, 0.3) is 0 Å². The summed E-state index contributed by atoms with van der Waals surface area (Å²) in [6, 6.07) is 12.6. The third kappa shape index (κ3) is 5.77. The average molecular weight is 375 g/mol. The molecule has 0 unspecified atom stereocenters. The summed E-state index contributed by atoms with van der Waals surface area (Å²) in [7, 11) is 0. The van der Waals surface area contributed by atoms with Crippen molar-refractivity contribution in [3.8, 4) is 5.75 Å². The second-order valence-electron chi connectivity index (χ2n) is 5.82. The van der Waals surface area contributed by atoms with E-state index in [1.54, 1.807) is 30.3 Å². The van der Waals surface area contributed by atoms with E-state index in [9.17, 15) is 9.59 Å². The first-order chi connectivity index (χ1) is 12.5. The number of aryl methyl sites for hydroxylation is 1. The number of hydrogen-bond donors (Lipinski definition) is 2. The summed E-state index contributed by atoms with van der Waals surface area (Å²) in [5.74, 6) is 0.204. The van der Waals surface area contributed by atoms with E-state index in [4.69, 9.17) is 16.3 Å². The number of rotatable bonds is 8. The molecule has 6 heteroatoms. The molecule has 2 aromatic carbocycles. The van der Waals surface area contributed by atoms with Gasteiger partial charge in [0, 0.05) is 13.0 Å². The van der Waals surface area contributed by atoms with E-state index in [1.807, 2.05) is 26.0 Å². The molecular weight excluding hydrogens is 352 g/mol. The summed E-state index contributed by atoms with van der Waals surface area (Å²) in [6.45, 7) is 4.69. The highest BCUT2D eigenvalue weighted by atomic mass is 35.5. The third-order valence-corrected chi connectivity index (χ3v) is 4.01. The SMILES string of the molecule is CCOc1ccccc1C(=O)NCCCC(=O)Nc1ccc(C)cc1Cl. The Balaban J connectivity index is 1.78. The van der Waals surface area contributed by atoms with E-state index in [0.717, 1.165) is 5.56 Å². The fourth-order valence-electron chi connectivity index (χ4n) is 2.42. The van der Waals surface area contributed by atoms with Crippen molar-refractivity contribution < 1.29 is 14.3 Å². The first-order valence-electron chi connectivity index (χ1n) is 8.57. The van der Waals surface area contributed by atoms with Gasteiger partial charge in [0.15, 0.2) is 0 Å². The Morgan fingerprint density at radius 2 is 1.92 bits per heavy atom. The molecule has 0 spiro atoms. The van der Waals surface area contributed by atoms with Crippen LogP contribution >= 0.6 is 11.6 Å². The molecule has 0 aliphatic carbocycles. The van der Waals surface area contributed by atoms with Crippen LogP contribution in [0, 0.1) is 6.92 Å². The summed E-state index contributed by atoms with van der Waals surface area (Å²) < 4.78 is 5.45. The molecular formula is C20H23ClN2O3. The Morgan fingerprint density at radius 1 is 1.15 bits per heavy atom. The summed E-state index contributed by atoms with van der Waals surface area (Å²) in [4.78, 5) is 24.2. The predicted octanol–water partition coefficient (Wildman–Crippen LogP) is 4.20. The summed E-state index contributed by atoms with van der Waals surface area (Å²) >= 11 is 6.10. The quantitative estimate of drug-likeness (QED) is 0.680. The van der Waals surface area contributed by atoms with Crippen molar-refractivity contribution in [2.75, 3.05) is 18.5 Å². The van der Waals surface area contributed by atoms with Gasteiger partial charge in [-0.05, 0) is 50.1 Å². The maximum Gasteiger partial charge on any atom is 0.255 e. The molecule has 0 atom stereocenters. The van der Waals surface area contributed by atoms with Gasteiger partial charge in [-0.2, -0.15) is 0 Å². The van der Waals surface area contributed by atoms with Crippen molar-refractivity contribution in [2.24, 2.45) is 0 Å². The lowest BCUT2D eigenvalue weighted by Crippen LogP contribution is -2.26. The van der Waals surface area contributed by atoms with Crippen LogP contribution in [0.4, 0.5) is 5.69 Å². The van der Waals surface area contributed by atoms with Crippen molar-refractivity contribution in [3.05, 3.63) is 58.6 Å². The summed E-state index contributed by atoms with van der Waals surface area (Å²) in [5.41, 5.74) is 2.12. The molecule has 0 saturated carbocycles. The Labute approximate surface area is 158 Å². The van der Waals surface area contributed by atoms with E-state index < -0.39 is 0 Å². The number of carbonyl (C=O) groups is 2. The minimum absolute atomic E-state index is 0.139. The number of amides is 2. The van der Waals surface area contributed by atoms with Crippen molar-refractivity contribution >= 4 is 29.1 Å². The number of benzene rings is 2. The molecule has 2 N–H and O–H groups in total. The van der Waals surface area contributed by atoms with E-state index in [-0.39, 0.29) is 18.2 Å². The zero-order valence-electron chi connectivity index (χ0n) is 15.0. The van der Waals surface area contributed by atoms with E-state index >= 15 is 0 Å². The Hall–Kier alpha value is -2.53. The monoisotopic (exact) mass is 374 g/mol. The van der Waals surface area contributed by atoms with Crippen LogP contribution in [0.1, 0.15) is 35.7 Å². The maximum atomic E-state index is 12.2. The Morgan fingerprint density at radius 3 is 2.65 bits per heavy atom. The molecule has 0 fully saturated rings. The van der Waals surface area contributed by atoms with Crippen molar-refractivity contribution in [3.63, 3.8) is 0 Å². The van der Waals surface area contributed by atoms with Crippen LogP contribution < -0.4 is 15.4 Å². The number of halogens is 1. The number of carbonyl (C=O) groups excluding carboxylic acids is 2. The van der Waals surface area contributed by atoms with Crippen LogP contribution in [-0.4, -0.2) is 25.0 Å². The van der Waals surface area contributed by atoms with Gasteiger partial charge in [-0.1, -0.05) is 29.8 Å². The van der Waals surface area contributed by atoms with Gasteiger partial charge in [0.05, 0.1) is 22.9 Å². The van der Waals surface area contributed by atoms with Crippen molar-refractivity contribution in [2.45, 2.75) is 26.7 Å². The molecule has 0 aromatic heterocycles. The van der Waals surface area contributed by atoms with Crippen LogP contribution in [-0.2, 0) is 4.79 Å². The van der Waals surface area contributed by atoms with Crippen molar-refractivity contribution in [1.82, 2.24) is 5.32 Å². The molecule has 0 radical (unpaired) electrons. The lowest BCUT2D eigenvalue weighted by atomic mass is 10.2. The predicted molar refractivity (Wildman–Crippen MR) is 104 cm³/mol. The largest absolute Gasteiger partial charge is 0.493 e. The average Bonchev–Trinajstić information content (AvgIpc) is 2.62. The van der Waals surface area contributed by atoms with Gasteiger partial charge in [-0.15, -0.1) is 0 Å². The van der Waals surface area contributed by atoms with E-state index in [0.29, 0.717) is 41.6 Å². The van der Waals surface area contributed by atoms with Gasteiger partial charge in [-0.25, -0.2) is 0 Å². The minimum atomic E-state index is -0.212. The van der Waals surface area contributed by atoms with Gasteiger partial charge in [0.25, 0.3) is 5.91 Å². The van der Waals surface area contributed by atoms with Gasteiger partial charge >= 0.3 is 0 Å². The Kier molecular flexibility index (Phi) is 7.48.